The van der Waals surface area contributed by atoms with Gasteiger partial charge in [-0.2, -0.15) is 5.10 Å². The Bertz CT molecular complexity index is 964. The maximum Gasteiger partial charge on any atom is 0.277 e. The minimum absolute atomic E-state index is 0.108. The largest absolute Gasteiger partial charge is 0.483 e. The lowest BCUT2D eigenvalue weighted by Gasteiger charge is -2.10. The highest BCUT2D eigenvalue weighted by Crippen LogP contribution is 2.29. The fourth-order valence-corrected chi connectivity index (χ4v) is 2.68. The third-order valence-corrected chi connectivity index (χ3v) is 3.98. The number of hydrogen-bond donors (Lipinski definition) is 1. The van der Waals surface area contributed by atoms with Gasteiger partial charge in [0.2, 0.25) is 0 Å². The number of hydrazone groups is 1. The molecule has 0 radical (unpaired) electrons. The number of carbonyl (C=O) groups is 1. The zero-order valence-electron chi connectivity index (χ0n) is 15.7. The predicted octanol–water partition coefficient (Wildman–Crippen LogP) is 4.94. The molecule has 1 N–H and O–H groups in total. The Morgan fingerprint density at radius 2 is 1.57 bits per heavy atom. The van der Waals surface area contributed by atoms with Crippen molar-refractivity contribution in [1.29, 1.82) is 0 Å². The summed E-state index contributed by atoms with van der Waals surface area (Å²) in [5.41, 5.74) is 6.49. The second-order valence-electron chi connectivity index (χ2n) is 6.24. The van der Waals surface area contributed by atoms with Gasteiger partial charge < -0.3 is 4.74 Å². The molecule has 4 nitrogen and oxygen atoms in total. The number of nitrogens with one attached hydrogen (secondary N) is 1. The van der Waals surface area contributed by atoms with Crippen LogP contribution in [0.15, 0.2) is 95.6 Å². The molecule has 3 aromatic carbocycles. The van der Waals surface area contributed by atoms with Crippen LogP contribution in [0.2, 0.25) is 0 Å². The number of rotatable bonds is 7. The van der Waals surface area contributed by atoms with E-state index in [-0.39, 0.29) is 12.5 Å². The van der Waals surface area contributed by atoms with Gasteiger partial charge in [0, 0.05) is 5.56 Å². The number of nitrogens with zero attached hydrogens (tertiary/aromatic N) is 1. The molecule has 0 aromatic heterocycles. The molecule has 0 aliphatic rings. The maximum absolute atomic E-state index is 12.0. The lowest BCUT2D eigenvalue weighted by Crippen LogP contribution is -2.24. The molecular formula is C24H22N2O2. The van der Waals surface area contributed by atoms with Crippen LogP contribution < -0.4 is 10.2 Å². The highest BCUT2D eigenvalue weighted by molar-refractivity contribution is 5.86. The van der Waals surface area contributed by atoms with E-state index in [0.29, 0.717) is 5.75 Å². The van der Waals surface area contributed by atoms with Crippen LogP contribution in [0.4, 0.5) is 0 Å². The zero-order chi connectivity index (χ0) is 19.6. The number of para-hydroxylation sites is 1. The van der Waals surface area contributed by atoms with E-state index in [2.05, 4.69) is 10.5 Å². The summed E-state index contributed by atoms with van der Waals surface area (Å²) in [5.74, 6) is 0.347. The van der Waals surface area contributed by atoms with Crippen LogP contribution >= 0.6 is 0 Å². The molecule has 140 valence electrons. The van der Waals surface area contributed by atoms with Crippen molar-refractivity contribution >= 4 is 18.2 Å². The van der Waals surface area contributed by atoms with E-state index >= 15 is 0 Å². The molecule has 0 unspecified atom stereocenters. The Kier molecular flexibility index (Phi) is 6.74. The van der Waals surface area contributed by atoms with Crippen LogP contribution in [0, 0.1) is 0 Å². The van der Waals surface area contributed by atoms with Gasteiger partial charge in [-0.15, -0.1) is 0 Å². The van der Waals surface area contributed by atoms with Crippen molar-refractivity contribution in [2.75, 3.05) is 6.61 Å². The Morgan fingerprint density at radius 3 is 2.32 bits per heavy atom. The van der Waals surface area contributed by atoms with E-state index in [1.54, 1.807) is 6.21 Å². The number of ether oxygens (including phenoxy) is 1. The lowest BCUT2D eigenvalue weighted by atomic mass is 10.1. The summed E-state index contributed by atoms with van der Waals surface area (Å²) in [6, 6.07) is 27.5. The molecule has 0 aliphatic carbocycles. The van der Waals surface area contributed by atoms with Crippen molar-refractivity contribution in [3.8, 4) is 16.9 Å². The molecule has 28 heavy (non-hydrogen) atoms. The Balaban J connectivity index is 1.55. The SMILES string of the molecule is CC(/C=N\NC(=O)COc1ccccc1-c1ccccc1)=C/c1ccccc1. The van der Waals surface area contributed by atoms with E-state index in [1.807, 2.05) is 97.9 Å². The molecule has 0 saturated carbocycles. The number of benzene rings is 3. The normalized spacial score (nSPS) is 11.4. The number of carbonyl (C=O) groups excluding carboxylic acids is 1. The van der Waals surface area contributed by atoms with E-state index in [9.17, 15) is 4.79 Å². The van der Waals surface area contributed by atoms with Crippen molar-refractivity contribution in [2.45, 2.75) is 6.92 Å². The molecule has 0 atom stereocenters. The highest BCUT2D eigenvalue weighted by Gasteiger charge is 2.07. The number of allylic oxidation sites excluding steroid dienone is 1. The van der Waals surface area contributed by atoms with E-state index in [4.69, 9.17) is 4.74 Å². The summed E-state index contributed by atoms with van der Waals surface area (Å²) < 4.78 is 5.71. The summed E-state index contributed by atoms with van der Waals surface area (Å²) in [6.07, 6.45) is 3.60. The van der Waals surface area contributed by atoms with Gasteiger partial charge in [0.15, 0.2) is 6.61 Å². The van der Waals surface area contributed by atoms with Crippen LogP contribution in [0.5, 0.6) is 5.75 Å². The van der Waals surface area contributed by atoms with Gasteiger partial charge in [-0.25, -0.2) is 5.43 Å². The maximum atomic E-state index is 12.0. The second kappa shape index (κ2) is 9.88. The van der Waals surface area contributed by atoms with Crippen molar-refractivity contribution in [2.24, 2.45) is 5.10 Å². The number of hydrogen-bond acceptors (Lipinski definition) is 3. The van der Waals surface area contributed by atoms with Gasteiger partial charge in [0.25, 0.3) is 5.91 Å². The smallest absolute Gasteiger partial charge is 0.277 e. The minimum atomic E-state index is -0.313. The van der Waals surface area contributed by atoms with Gasteiger partial charge in [-0.1, -0.05) is 84.9 Å². The molecule has 3 rings (SSSR count). The summed E-state index contributed by atoms with van der Waals surface area (Å²) in [6.45, 7) is 1.82. The molecular weight excluding hydrogens is 348 g/mol. The van der Waals surface area contributed by atoms with Crippen molar-refractivity contribution in [3.05, 3.63) is 96.1 Å². The predicted molar refractivity (Wildman–Crippen MR) is 114 cm³/mol. The molecule has 3 aromatic rings. The fraction of sp³-hybridized carbons (Fsp3) is 0.0833. The minimum Gasteiger partial charge on any atom is -0.483 e. The molecule has 0 aliphatic heterocycles. The Hall–Kier alpha value is -3.66. The molecule has 4 heteroatoms. The first kappa shape index (κ1) is 19.1. The van der Waals surface area contributed by atoms with Gasteiger partial charge in [0.1, 0.15) is 5.75 Å². The highest BCUT2D eigenvalue weighted by atomic mass is 16.5. The van der Waals surface area contributed by atoms with Gasteiger partial charge in [-0.05, 0) is 29.7 Å². The van der Waals surface area contributed by atoms with Crippen LogP contribution in [-0.4, -0.2) is 18.7 Å². The summed E-state index contributed by atoms with van der Waals surface area (Å²) in [4.78, 5) is 12.0. The molecule has 0 heterocycles. The monoisotopic (exact) mass is 370 g/mol. The van der Waals surface area contributed by atoms with Gasteiger partial charge in [-0.3, -0.25) is 4.79 Å². The zero-order valence-corrected chi connectivity index (χ0v) is 15.7. The molecule has 0 spiro atoms. The second-order valence-corrected chi connectivity index (χ2v) is 6.24. The fourth-order valence-electron chi connectivity index (χ4n) is 2.68. The van der Waals surface area contributed by atoms with Gasteiger partial charge >= 0.3 is 0 Å². The summed E-state index contributed by atoms with van der Waals surface area (Å²) in [5, 5.41) is 3.99. The third-order valence-electron chi connectivity index (χ3n) is 3.98. The third kappa shape index (κ3) is 5.68. The Labute approximate surface area is 165 Å². The topological polar surface area (TPSA) is 50.7 Å². The quantitative estimate of drug-likeness (QED) is 0.473. The van der Waals surface area contributed by atoms with Crippen LogP contribution in [-0.2, 0) is 4.79 Å². The summed E-state index contributed by atoms with van der Waals surface area (Å²) in [7, 11) is 0. The molecule has 0 bridgehead atoms. The lowest BCUT2D eigenvalue weighted by molar-refractivity contribution is -0.123. The average molecular weight is 370 g/mol. The van der Waals surface area contributed by atoms with Crippen molar-refractivity contribution in [3.63, 3.8) is 0 Å². The molecule has 1 amide bonds. The average Bonchev–Trinajstić information content (AvgIpc) is 2.74. The number of amides is 1. The van der Waals surface area contributed by atoms with Gasteiger partial charge in [0.05, 0.1) is 6.21 Å². The first-order chi connectivity index (χ1) is 13.7. The van der Waals surface area contributed by atoms with E-state index in [0.717, 1.165) is 22.3 Å². The molecule has 0 fully saturated rings. The van der Waals surface area contributed by atoms with E-state index < -0.39 is 0 Å². The van der Waals surface area contributed by atoms with Crippen LogP contribution in [0.25, 0.3) is 17.2 Å². The van der Waals surface area contributed by atoms with Crippen molar-refractivity contribution < 1.29 is 9.53 Å². The van der Waals surface area contributed by atoms with Crippen LogP contribution in [0.3, 0.4) is 0 Å². The first-order valence-corrected chi connectivity index (χ1v) is 9.05. The summed E-state index contributed by atoms with van der Waals surface area (Å²) >= 11 is 0. The van der Waals surface area contributed by atoms with Crippen molar-refractivity contribution in [1.82, 2.24) is 5.43 Å². The first-order valence-electron chi connectivity index (χ1n) is 9.05. The van der Waals surface area contributed by atoms with Crippen LogP contribution in [0.1, 0.15) is 12.5 Å². The molecule has 0 saturated heterocycles. The van der Waals surface area contributed by atoms with E-state index in [1.165, 1.54) is 0 Å². The standard InChI is InChI=1S/C24H22N2O2/c1-19(16-20-10-4-2-5-11-20)17-25-26-24(27)18-28-23-15-9-8-14-22(23)21-12-6-3-7-13-21/h2-17H,18H2,1H3,(H,26,27)/b19-16-,25-17-. The Morgan fingerprint density at radius 1 is 0.929 bits per heavy atom.